The van der Waals surface area contributed by atoms with Crippen molar-refractivity contribution >= 4 is 21.7 Å². The van der Waals surface area contributed by atoms with Gasteiger partial charge in [0.05, 0.1) is 7.11 Å². The third-order valence-corrected chi connectivity index (χ3v) is 4.73. The van der Waals surface area contributed by atoms with E-state index in [-0.39, 0.29) is 5.82 Å². The molecule has 2 N–H and O–H groups in total. The van der Waals surface area contributed by atoms with Gasteiger partial charge in [0.1, 0.15) is 23.2 Å². The predicted octanol–water partition coefficient (Wildman–Crippen LogP) is 4.95. The van der Waals surface area contributed by atoms with E-state index in [9.17, 15) is 5.26 Å². The van der Waals surface area contributed by atoms with Crippen molar-refractivity contribution in [2.75, 3.05) is 12.8 Å². The lowest BCUT2D eigenvalue weighted by Gasteiger charge is -2.17. The summed E-state index contributed by atoms with van der Waals surface area (Å²) >= 11 is 3.58. The topological polar surface area (TPSA) is 71.9 Å². The van der Waals surface area contributed by atoms with Crippen molar-refractivity contribution in [2.45, 2.75) is 6.92 Å². The van der Waals surface area contributed by atoms with Gasteiger partial charge in [-0.2, -0.15) is 5.26 Å². The first-order chi connectivity index (χ1) is 12.1. The molecule has 0 unspecified atom stereocenters. The van der Waals surface area contributed by atoms with E-state index in [2.05, 4.69) is 27.0 Å². The Balaban J connectivity index is 2.38. The zero-order valence-corrected chi connectivity index (χ0v) is 15.5. The summed E-state index contributed by atoms with van der Waals surface area (Å²) in [6, 6.07) is 17.7. The first kappa shape index (κ1) is 17.0. The van der Waals surface area contributed by atoms with Crippen LogP contribution in [0.1, 0.15) is 11.3 Å². The van der Waals surface area contributed by atoms with Gasteiger partial charge in [0, 0.05) is 21.3 Å². The maximum Gasteiger partial charge on any atom is 0.142 e. The molecule has 0 saturated heterocycles. The quantitative estimate of drug-likeness (QED) is 0.682. The Hall–Kier alpha value is -2.84. The van der Waals surface area contributed by atoms with Crippen molar-refractivity contribution in [3.8, 4) is 34.1 Å². The molecule has 0 bridgehead atoms. The predicted molar refractivity (Wildman–Crippen MR) is 103 cm³/mol. The molecule has 25 heavy (non-hydrogen) atoms. The molecular weight excluding hydrogens is 378 g/mol. The lowest BCUT2D eigenvalue weighted by atomic mass is 9.90. The number of pyridine rings is 1. The highest BCUT2D eigenvalue weighted by atomic mass is 79.9. The number of ether oxygens (including phenoxy) is 1. The Bertz CT molecular complexity index is 975. The fourth-order valence-electron chi connectivity index (χ4n) is 2.88. The average Bonchev–Trinajstić information content (AvgIpc) is 2.62. The van der Waals surface area contributed by atoms with Gasteiger partial charge in [-0.1, -0.05) is 46.3 Å². The molecular formula is C20H16BrN3O. The minimum absolute atomic E-state index is 0.239. The lowest BCUT2D eigenvalue weighted by molar-refractivity contribution is 0.415. The number of aromatic nitrogens is 1. The minimum Gasteiger partial charge on any atom is -0.497 e. The number of rotatable bonds is 3. The molecule has 4 nitrogen and oxygen atoms in total. The molecule has 0 atom stereocenters. The smallest absolute Gasteiger partial charge is 0.142 e. The maximum absolute atomic E-state index is 9.69. The van der Waals surface area contributed by atoms with Crippen molar-refractivity contribution in [3.05, 3.63) is 64.3 Å². The zero-order valence-electron chi connectivity index (χ0n) is 13.9. The zero-order chi connectivity index (χ0) is 18.0. The van der Waals surface area contributed by atoms with Gasteiger partial charge in [0.2, 0.25) is 0 Å². The molecule has 0 aliphatic heterocycles. The highest BCUT2D eigenvalue weighted by Crippen LogP contribution is 2.41. The van der Waals surface area contributed by atoms with Gasteiger partial charge < -0.3 is 10.5 Å². The Morgan fingerprint density at radius 2 is 1.76 bits per heavy atom. The van der Waals surface area contributed by atoms with Crippen LogP contribution in [0.15, 0.2) is 53.0 Å². The van der Waals surface area contributed by atoms with E-state index < -0.39 is 0 Å². The number of anilines is 1. The van der Waals surface area contributed by atoms with Gasteiger partial charge in [-0.05, 0) is 36.2 Å². The summed E-state index contributed by atoms with van der Waals surface area (Å²) in [4.78, 5) is 4.39. The summed E-state index contributed by atoms with van der Waals surface area (Å²) in [6.45, 7) is 1.90. The largest absolute Gasteiger partial charge is 0.497 e. The van der Waals surface area contributed by atoms with Crippen molar-refractivity contribution in [3.63, 3.8) is 0 Å². The highest BCUT2D eigenvalue weighted by Gasteiger charge is 2.20. The van der Waals surface area contributed by atoms with Crippen LogP contribution in [0.2, 0.25) is 0 Å². The Labute approximate surface area is 155 Å². The second-order valence-electron chi connectivity index (χ2n) is 5.53. The molecule has 2 aromatic carbocycles. The van der Waals surface area contributed by atoms with Gasteiger partial charge in [-0.3, -0.25) is 0 Å². The van der Waals surface area contributed by atoms with Gasteiger partial charge in [-0.25, -0.2) is 4.98 Å². The Kier molecular flexibility index (Phi) is 4.73. The third kappa shape index (κ3) is 3.09. The first-order valence-electron chi connectivity index (χ1n) is 7.66. The second kappa shape index (κ2) is 6.96. The number of hydrogen-bond donors (Lipinski definition) is 1. The summed E-state index contributed by atoms with van der Waals surface area (Å²) < 4.78 is 6.13. The summed E-state index contributed by atoms with van der Waals surface area (Å²) in [5.74, 6) is 1.01. The van der Waals surface area contributed by atoms with Crippen molar-refractivity contribution in [1.82, 2.24) is 4.98 Å². The van der Waals surface area contributed by atoms with Crippen LogP contribution in [0, 0.1) is 18.3 Å². The molecule has 0 amide bonds. The molecule has 0 aliphatic rings. The lowest BCUT2D eigenvalue weighted by Crippen LogP contribution is -2.03. The molecule has 0 saturated carbocycles. The van der Waals surface area contributed by atoms with Gasteiger partial charge in [0.25, 0.3) is 0 Å². The monoisotopic (exact) mass is 393 g/mol. The first-order valence-corrected chi connectivity index (χ1v) is 8.45. The number of nitriles is 1. The Morgan fingerprint density at radius 1 is 1.08 bits per heavy atom. The van der Waals surface area contributed by atoms with E-state index in [1.54, 1.807) is 7.11 Å². The van der Waals surface area contributed by atoms with Gasteiger partial charge in [0.15, 0.2) is 0 Å². The molecule has 0 aliphatic carbocycles. The van der Waals surface area contributed by atoms with Crippen LogP contribution in [-0.2, 0) is 0 Å². The van der Waals surface area contributed by atoms with E-state index in [1.165, 1.54) is 0 Å². The third-order valence-electron chi connectivity index (χ3n) is 4.04. The number of halogens is 1. The molecule has 1 aromatic heterocycles. The number of benzene rings is 2. The fourth-order valence-corrected chi connectivity index (χ4v) is 3.37. The second-order valence-corrected chi connectivity index (χ2v) is 6.38. The van der Waals surface area contributed by atoms with Crippen LogP contribution in [0.3, 0.4) is 0 Å². The van der Waals surface area contributed by atoms with E-state index in [0.717, 1.165) is 38.2 Å². The van der Waals surface area contributed by atoms with Crippen molar-refractivity contribution < 1.29 is 4.74 Å². The average molecular weight is 394 g/mol. The van der Waals surface area contributed by atoms with Gasteiger partial charge in [-0.15, -0.1) is 0 Å². The van der Waals surface area contributed by atoms with E-state index >= 15 is 0 Å². The standard InChI is InChI=1S/C20H16BrN3O/c1-12-18(13-7-9-14(25-2)10-8-13)19(16(11-22)20(23)24-12)15-5-3-4-6-17(15)21/h3-10H,1-2H3,(H2,23,24). The summed E-state index contributed by atoms with van der Waals surface area (Å²) in [5.41, 5.74) is 10.7. The van der Waals surface area contributed by atoms with Crippen molar-refractivity contribution in [1.29, 1.82) is 5.26 Å². The molecule has 0 fully saturated rings. The number of nitrogens with two attached hydrogens (primary N) is 1. The van der Waals surface area contributed by atoms with Crippen LogP contribution < -0.4 is 10.5 Å². The fraction of sp³-hybridized carbons (Fsp3) is 0.100. The normalized spacial score (nSPS) is 10.3. The van der Waals surface area contributed by atoms with E-state index in [1.807, 2.05) is 55.5 Å². The van der Waals surface area contributed by atoms with Crippen LogP contribution in [0.4, 0.5) is 5.82 Å². The van der Waals surface area contributed by atoms with Crippen LogP contribution in [0.25, 0.3) is 22.3 Å². The van der Waals surface area contributed by atoms with E-state index in [0.29, 0.717) is 5.56 Å². The SMILES string of the molecule is COc1ccc(-c2c(C)nc(N)c(C#N)c2-c2ccccc2Br)cc1. The van der Waals surface area contributed by atoms with Crippen molar-refractivity contribution in [2.24, 2.45) is 0 Å². The molecule has 124 valence electrons. The molecule has 1 heterocycles. The van der Waals surface area contributed by atoms with Crippen LogP contribution in [0.5, 0.6) is 5.75 Å². The summed E-state index contributed by atoms with van der Waals surface area (Å²) in [6.07, 6.45) is 0. The van der Waals surface area contributed by atoms with Crippen LogP contribution in [-0.4, -0.2) is 12.1 Å². The highest BCUT2D eigenvalue weighted by molar-refractivity contribution is 9.10. The number of methoxy groups -OCH3 is 1. The number of aryl methyl sites for hydroxylation is 1. The number of nitrogens with zero attached hydrogens (tertiary/aromatic N) is 2. The number of nitrogen functional groups attached to an aromatic ring is 1. The molecule has 0 radical (unpaired) electrons. The molecule has 0 spiro atoms. The molecule has 3 rings (SSSR count). The maximum atomic E-state index is 9.69. The summed E-state index contributed by atoms with van der Waals surface area (Å²) in [7, 11) is 1.63. The molecule has 5 heteroatoms. The summed E-state index contributed by atoms with van der Waals surface area (Å²) in [5, 5.41) is 9.69. The number of hydrogen-bond acceptors (Lipinski definition) is 4. The minimum atomic E-state index is 0.239. The van der Waals surface area contributed by atoms with E-state index in [4.69, 9.17) is 10.5 Å². The molecule has 3 aromatic rings. The Morgan fingerprint density at radius 3 is 2.36 bits per heavy atom. The van der Waals surface area contributed by atoms with Crippen LogP contribution >= 0.6 is 15.9 Å². The van der Waals surface area contributed by atoms with Gasteiger partial charge >= 0.3 is 0 Å².